The Morgan fingerprint density at radius 3 is 2.71 bits per heavy atom. The van der Waals surface area contributed by atoms with Gasteiger partial charge in [0.05, 0.1) is 7.11 Å². The minimum absolute atomic E-state index is 0.589. The standard InChI is InChI=1S/C16H22N4O/c1-4-8-20(11-13-6-5-7-14(17)10-13)16-18-12(2)9-15(19-16)21-3/h5-7,9-10H,4,8,11,17H2,1-3H3. The third-order valence-corrected chi connectivity index (χ3v) is 3.13. The second-order valence-electron chi connectivity index (χ2n) is 5.02. The highest BCUT2D eigenvalue weighted by molar-refractivity contribution is 5.43. The number of hydrogen-bond acceptors (Lipinski definition) is 5. The van der Waals surface area contributed by atoms with E-state index in [1.807, 2.05) is 31.2 Å². The summed E-state index contributed by atoms with van der Waals surface area (Å²) in [6.45, 7) is 5.69. The second kappa shape index (κ2) is 6.92. The van der Waals surface area contributed by atoms with Crippen LogP contribution in [-0.4, -0.2) is 23.6 Å². The van der Waals surface area contributed by atoms with Crippen molar-refractivity contribution in [2.45, 2.75) is 26.8 Å². The molecule has 2 rings (SSSR count). The molecule has 21 heavy (non-hydrogen) atoms. The molecule has 0 bridgehead atoms. The fourth-order valence-electron chi connectivity index (χ4n) is 2.20. The molecule has 2 N–H and O–H groups in total. The number of nitrogen functional groups attached to an aromatic ring is 1. The minimum Gasteiger partial charge on any atom is -0.481 e. The molecule has 0 radical (unpaired) electrons. The van der Waals surface area contributed by atoms with Gasteiger partial charge >= 0.3 is 0 Å². The quantitative estimate of drug-likeness (QED) is 0.827. The molecule has 1 heterocycles. The van der Waals surface area contributed by atoms with E-state index in [-0.39, 0.29) is 0 Å². The summed E-state index contributed by atoms with van der Waals surface area (Å²) >= 11 is 0. The number of rotatable bonds is 6. The second-order valence-corrected chi connectivity index (χ2v) is 5.02. The van der Waals surface area contributed by atoms with Gasteiger partial charge < -0.3 is 15.4 Å². The third kappa shape index (κ3) is 4.08. The van der Waals surface area contributed by atoms with Crippen LogP contribution < -0.4 is 15.4 Å². The van der Waals surface area contributed by atoms with Crippen LogP contribution in [0.2, 0.25) is 0 Å². The summed E-state index contributed by atoms with van der Waals surface area (Å²) in [7, 11) is 1.62. The molecule has 0 saturated carbocycles. The molecule has 2 aromatic rings. The molecule has 0 atom stereocenters. The van der Waals surface area contributed by atoms with Crippen LogP contribution in [0.25, 0.3) is 0 Å². The number of methoxy groups -OCH3 is 1. The maximum absolute atomic E-state index is 5.85. The molecule has 0 amide bonds. The number of aryl methyl sites for hydroxylation is 1. The van der Waals surface area contributed by atoms with Gasteiger partial charge in [-0.25, -0.2) is 4.98 Å². The zero-order valence-electron chi connectivity index (χ0n) is 12.8. The van der Waals surface area contributed by atoms with Gasteiger partial charge in [-0.05, 0) is 31.0 Å². The highest BCUT2D eigenvalue weighted by atomic mass is 16.5. The molecule has 0 aliphatic rings. The van der Waals surface area contributed by atoms with Crippen LogP contribution in [0.15, 0.2) is 30.3 Å². The lowest BCUT2D eigenvalue weighted by Crippen LogP contribution is -2.26. The first kappa shape index (κ1) is 15.1. The van der Waals surface area contributed by atoms with Gasteiger partial charge in [-0.15, -0.1) is 0 Å². The largest absolute Gasteiger partial charge is 0.481 e. The highest BCUT2D eigenvalue weighted by Crippen LogP contribution is 2.18. The van der Waals surface area contributed by atoms with Crippen molar-refractivity contribution in [2.75, 3.05) is 24.3 Å². The first-order valence-corrected chi connectivity index (χ1v) is 7.11. The molecular weight excluding hydrogens is 264 g/mol. The van der Waals surface area contributed by atoms with E-state index in [1.165, 1.54) is 0 Å². The van der Waals surface area contributed by atoms with Crippen LogP contribution in [0.5, 0.6) is 5.88 Å². The summed E-state index contributed by atoms with van der Waals surface area (Å²) in [6.07, 6.45) is 1.02. The summed E-state index contributed by atoms with van der Waals surface area (Å²) in [5, 5.41) is 0. The fraction of sp³-hybridized carbons (Fsp3) is 0.375. The molecule has 1 aromatic carbocycles. The van der Waals surface area contributed by atoms with Gasteiger partial charge in [-0.2, -0.15) is 4.98 Å². The van der Waals surface area contributed by atoms with E-state index in [0.29, 0.717) is 11.8 Å². The summed E-state index contributed by atoms with van der Waals surface area (Å²) < 4.78 is 5.24. The molecule has 112 valence electrons. The van der Waals surface area contributed by atoms with Crippen molar-refractivity contribution in [3.63, 3.8) is 0 Å². The van der Waals surface area contributed by atoms with E-state index in [4.69, 9.17) is 10.5 Å². The Bertz CT molecular complexity index is 601. The van der Waals surface area contributed by atoms with E-state index in [1.54, 1.807) is 7.11 Å². The number of benzene rings is 1. The average Bonchev–Trinajstić information content (AvgIpc) is 2.46. The van der Waals surface area contributed by atoms with Crippen LogP contribution in [0.4, 0.5) is 11.6 Å². The van der Waals surface area contributed by atoms with Crippen molar-refractivity contribution < 1.29 is 4.74 Å². The summed E-state index contributed by atoms with van der Waals surface area (Å²) in [4.78, 5) is 11.1. The predicted octanol–water partition coefficient (Wildman–Crippen LogP) is 2.79. The van der Waals surface area contributed by atoms with E-state index in [2.05, 4.69) is 27.9 Å². The molecular formula is C16H22N4O. The predicted molar refractivity (Wildman–Crippen MR) is 85.5 cm³/mol. The Morgan fingerprint density at radius 1 is 1.24 bits per heavy atom. The minimum atomic E-state index is 0.589. The molecule has 0 spiro atoms. The molecule has 0 aliphatic heterocycles. The van der Waals surface area contributed by atoms with Crippen LogP contribution in [-0.2, 0) is 6.54 Å². The number of nitrogens with zero attached hydrogens (tertiary/aromatic N) is 3. The lowest BCUT2D eigenvalue weighted by Gasteiger charge is -2.23. The summed E-state index contributed by atoms with van der Waals surface area (Å²) in [5.74, 6) is 1.28. The van der Waals surface area contributed by atoms with Crippen LogP contribution in [0.3, 0.4) is 0 Å². The fourth-order valence-corrected chi connectivity index (χ4v) is 2.20. The van der Waals surface area contributed by atoms with Crippen molar-refractivity contribution in [3.05, 3.63) is 41.6 Å². The molecule has 0 saturated heterocycles. The number of hydrogen-bond donors (Lipinski definition) is 1. The van der Waals surface area contributed by atoms with E-state index < -0.39 is 0 Å². The first-order chi connectivity index (χ1) is 10.1. The Hall–Kier alpha value is -2.30. The number of anilines is 2. The Morgan fingerprint density at radius 2 is 2.05 bits per heavy atom. The molecule has 0 aliphatic carbocycles. The summed E-state index contributed by atoms with van der Waals surface area (Å²) in [6, 6.07) is 9.72. The number of ether oxygens (including phenoxy) is 1. The zero-order chi connectivity index (χ0) is 15.2. The van der Waals surface area contributed by atoms with E-state index in [9.17, 15) is 0 Å². The first-order valence-electron chi connectivity index (χ1n) is 7.11. The monoisotopic (exact) mass is 286 g/mol. The lowest BCUT2D eigenvalue weighted by atomic mass is 10.2. The number of nitrogens with two attached hydrogens (primary N) is 1. The van der Waals surface area contributed by atoms with Gasteiger partial charge in [-0.1, -0.05) is 19.1 Å². The number of aromatic nitrogens is 2. The van der Waals surface area contributed by atoms with Gasteiger partial charge in [0, 0.05) is 30.5 Å². The van der Waals surface area contributed by atoms with E-state index in [0.717, 1.165) is 36.5 Å². The van der Waals surface area contributed by atoms with Crippen molar-refractivity contribution in [1.29, 1.82) is 0 Å². The van der Waals surface area contributed by atoms with Crippen LogP contribution in [0, 0.1) is 6.92 Å². The van der Waals surface area contributed by atoms with Gasteiger partial charge in [0.2, 0.25) is 11.8 Å². The third-order valence-electron chi connectivity index (χ3n) is 3.13. The zero-order valence-corrected chi connectivity index (χ0v) is 12.8. The maximum atomic E-state index is 5.85. The average molecular weight is 286 g/mol. The van der Waals surface area contributed by atoms with Gasteiger partial charge in [-0.3, -0.25) is 0 Å². The van der Waals surface area contributed by atoms with Crippen molar-refractivity contribution in [3.8, 4) is 5.88 Å². The SMILES string of the molecule is CCCN(Cc1cccc(N)c1)c1nc(C)cc(OC)n1. The Labute approximate surface area is 125 Å². The van der Waals surface area contributed by atoms with Crippen molar-refractivity contribution in [1.82, 2.24) is 9.97 Å². The molecule has 0 fully saturated rings. The topological polar surface area (TPSA) is 64.3 Å². The summed E-state index contributed by atoms with van der Waals surface area (Å²) in [5.41, 5.74) is 8.66. The molecule has 5 heteroatoms. The molecule has 5 nitrogen and oxygen atoms in total. The lowest BCUT2D eigenvalue weighted by molar-refractivity contribution is 0.396. The normalized spacial score (nSPS) is 10.4. The van der Waals surface area contributed by atoms with Crippen LogP contribution >= 0.6 is 0 Å². The molecule has 1 aromatic heterocycles. The highest BCUT2D eigenvalue weighted by Gasteiger charge is 2.12. The van der Waals surface area contributed by atoms with Crippen molar-refractivity contribution >= 4 is 11.6 Å². The van der Waals surface area contributed by atoms with Gasteiger partial charge in [0.1, 0.15) is 0 Å². The van der Waals surface area contributed by atoms with Gasteiger partial charge in [0.15, 0.2) is 0 Å². The maximum Gasteiger partial charge on any atom is 0.229 e. The van der Waals surface area contributed by atoms with Crippen molar-refractivity contribution in [2.24, 2.45) is 0 Å². The Balaban J connectivity index is 2.28. The smallest absolute Gasteiger partial charge is 0.229 e. The molecule has 0 unspecified atom stereocenters. The van der Waals surface area contributed by atoms with E-state index >= 15 is 0 Å². The van der Waals surface area contributed by atoms with Gasteiger partial charge in [0.25, 0.3) is 0 Å². The van der Waals surface area contributed by atoms with Crippen LogP contribution in [0.1, 0.15) is 24.6 Å². The Kier molecular flexibility index (Phi) is 4.98.